The van der Waals surface area contributed by atoms with Crippen LogP contribution in [0.2, 0.25) is 0 Å². The van der Waals surface area contributed by atoms with Crippen LogP contribution in [0.3, 0.4) is 0 Å². The van der Waals surface area contributed by atoms with Crippen molar-refractivity contribution in [2.45, 2.75) is 5.16 Å². The Hall–Kier alpha value is -2.41. The van der Waals surface area contributed by atoms with Crippen molar-refractivity contribution >= 4 is 11.8 Å². The van der Waals surface area contributed by atoms with Crippen molar-refractivity contribution in [1.29, 1.82) is 0 Å². The first kappa shape index (κ1) is 15.5. The average Bonchev–Trinajstić information content (AvgIpc) is 2.80. The molecule has 0 bridgehead atoms. The van der Waals surface area contributed by atoms with Crippen LogP contribution in [0, 0.1) is 5.82 Å². The van der Waals surface area contributed by atoms with E-state index in [1.165, 1.54) is 28.6 Å². The van der Waals surface area contributed by atoms with Gasteiger partial charge in [0.1, 0.15) is 5.82 Å². The van der Waals surface area contributed by atoms with Crippen molar-refractivity contribution in [3.63, 3.8) is 0 Å². The van der Waals surface area contributed by atoms with E-state index in [-0.39, 0.29) is 11.4 Å². The number of nitrogens with zero attached hydrogens (tertiary/aromatic N) is 4. The fourth-order valence-electron chi connectivity index (χ4n) is 2.45. The topological polar surface area (TPSA) is 52.7 Å². The van der Waals surface area contributed by atoms with Crippen molar-refractivity contribution in [3.8, 4) is 22.5 Å². The van der Waals surface area contributed by atoms with Crippen LogP contribution in [-0.2, 0) is 14.1 Å². The zero-order valence-corrected chi connectivity index (χ0v) is 13.8. The van der Waals surface area contributed by atoms with Crippen LogP contribution in [0.1, 0.15) is 0 Å². The molecule has 0 amide bonds. The maximum Gasteiger partial charge on any atom is 0.274 e. The van der Waals surface area contributed by atoms with Crippen molar-refractivity contribution in [3.05, 3.63) is 52.7 Å². The average molecular weight is 330 g/mol. The number of rotatable bonds is 3. The molecule has 0 saturated carbocycles. The molecule has 2 heterocycles. The van der Waals surface area contributed by atoms with Gasteiger partial charge in [0.25, 0.3) is 5.56 Å². The summed E-state index contributed by atoms with van der Waals surface area (Å²) in [5, 5.41) is 0.629. The van der Waals surface area contributed by atoms with Crippen LogP contribution in [0.5, 0.6) is 0 Å². The van der Waals surface area contributed by atoms with Gasteiger partial charge in [-0.05, 0) is 30.0 Å². The van der Waals surface area contributed by atoms with Crippen LogP contribution in [0.25, 0.3) is 22.5 Å². The number of halogens is 1. The molecular weight excluding hydrogens is 315 g/mol. The normalized spacial score (nSPS) is 11.0. The summed E-state index contributed by atoms with van der Waals surface area (Å²) < 4.78 is 16.5. The Bertz CT molecular complexity index is 915. The van der Waals surface area contributed by atoms with Gasteiger partial charge >= 0.3 is 0 Å². The van der Waals surface area contributed by atoms with E-state index in [0.717, 1.165) is 0 Å². The summed E-state index contributed by atoms with van der Waals surface area (Å²) in [6.45, 7) is 0. The Morgan fingerprint density at radius 2 is 1.78 bits per heavy atom. The molecule has 1 aromatic carbocycles. The lowest BCUT2D eigenvalue weighted by molar-refractivity contribution is 0.583. The third-order valence-corrected chi connectivity index (χ3v) is 4.27. The lowest BCUT2D eigenvalue weighted by Crippen LogP contribution is -2.17. The molecule has 7 heteroatoms. The minimum absolute atomic E-state index is 0.154. The maximum atomic E-state index is 13.2. The summed E-state index contributed by atoms with van der Waals surface area (Å²) in [6.07, 6.45) is 3.56. The lowest BCUT2D eigenvalue weighted by Gasteiger charge is -2.08. The highest BCUT2D eigenvalue weighted by molar-refractivity contribution is 7.98. The maximum absolute atomic E-state index is 13.2. The van der Waals surface area contributed by atoms with Gasteiger partial charge < -0.3 is 0 Å². The number of thioether (sulfide) groups is 1. The van der Waals surface area contributed by atoms with E-state index < -0.39 is 0 Å². The van der Waals surface area contributed by atoms with Crippen LogP contribution >= 0.6 is 11.8 Å². The van der Waals surface area contributed by atoms with Crippen LogP contribution in [0.15, 0.2) is 46.5 Å². The van der Waals surface area contributed by atoms with E-state index in [0.29, 0.717) is 27.7 Å². The number of aromatic nitrogens is 4. The van der Waals surface area contributed by atoms with Crippen molar-refractivity contribution in [1.82, 2.24) is 19.3 Å². The van der Waals surface area contributed by atoms with Crippen LogP contribution < -0.4 is 5.56 Å². The van der Waals surface area contributed by atoms with E-state index >= 15 is 0 Å². The first-order valence-corrected chi connectivity index (χ1v) is 8.14. The number of benzene rings is 1. The van der Waals surface area contributed by atoms with Gasteiger partial charge in [-0.1, -0.05) is 23.9 Å². The first-order valence-electron chi connectivity index (χ1n) is 6.92. The summed E-state index contributed by atoms with van der Waals surface area (Å²) in [5.41, 5.74) is 2.34. The molecule has 118 valence electrons. The van der Waals surface area contributed by atoms with Crippen LogP contribution in [0.4, 0.5) is 4.39 Å². The second-order valence-corrected chi connectivity index (χ2v) is 5.78. The molecule has 3 aromatic rings. The summed E-state index contributed by atoms with van der Waals surface area (Å²) >= 11 is 1.43. The van der Waals surface area contributed by atoms with Crippen LogP contribution in [-0.4, -0.2) is 25.6 Å². The molecule has 23 heavy (non-hydrogen) atoms. The predicted molar refractivity (Wildman–Crippen MR) is 88.9 cm³/mol. The van der Waals surface area contributed by atoms with E-state index in [1.807, 2.05) is 6.26 Å². The molecule has 0 aliphatic rings. The Morgan fingerprint density at radius 1 is 1.09 bits per heavy atom. The third kappa shape index (κ3) is 2.68. The Labute approximate surface area is 136 Å². The minimum atomic E-state index is -0.338. The SMILES string of the molecule is CSc1nccc(-c2c(-c3ccc(F)cc3)c(=O)n(C)n2C)n1. The smallest absolute Gasteiger partial charge is 0.274 e. The quantitative estimate of drug-likeness (QED) is 0.547. The Kier molecular flexibility index (Phi) is 4.04. The highest BCUT2D eigenvalue weighted by Crippen LogP contribution is 2.29. The molecule has 0 atom stereocenters. The zero-order chi connectivity index (χ0) is 16.6. The molecule has 3 rings (SSSR count). The van der Waals surface area contributed by atoms with Crippen molar-refractivity contribution in [2.75, 3.05) is 6.26 Å². The standard InChI is InChI=1S/C16H15FN4OS/c1-20-14(12-8-9-18-16(19-12)23-3)13(15(22)21(20)2)10-4-6-11(17)7-5-10/h4-9H,1-3H3. The van der Waals surface area contributed by atoms with Gasteiger partial charge in [-0.25, -0.2) is 14.4 Å². The predicted octanol–water partition coefficient (Wildman–Crippen LogP) is 2.71. The lowest BCUT2D eigenvalue weighted by atomic mass is 10.0. The molecule has 0 fully saturated rings. The van der Waals surface area contributed by atoms with Crippen molar-refractivity contribution < 1.29 is 4.39 Å². The van der Waals surface area contributed by atoms with E-state index in [4.69, 9.17) is 0 Å². The van der Waals surface area contributed by atoms with Gasteiger partial charge in [-0.15, -0.1) is 0 Å². The van der Waals surface area contributed by atoms with Gasteiger partial charge in [0.2, 0.25) is 0 Å². The molecule has 0 spiro atoms. The number of hydrogen-bond acceptors (Lipinski definition) is 4. The van der Waals surface area contributed by atoms with Crippen molar-refractivity contribution in [2.24, 2.45) is 14.1 Å². The van der Waals surface area contributed by atoms with E-state index in [2.05, 4.69) is 9.97 Å². The molecule has 2 aromatic heterocycles. The molecule has 0 radical (unpaired) electrons. The Balaban J connectivity index is 2.30. The third-order valence-electron chi connectivity index (χ3n) is 3.71. The highest BCUT2D eigenvalue weighted by atomic mass is 32.2. The van der Waals surface area contributed by atoms with Gasteiger partial charge in [-0.3, -0.25) is 14.2 Å². The Morgan fingerprint density at radius 3 is 2.43 bits per heavy atom. The van der Waals surface area contributed by atoms with Gasteiger partial charge in [0.05, 0.1) is 17.0 Å². The first-order chi connectivity index (χ1) is 11.0. The molecule has 0 N–H and O–H groups in total. The summed E-state index contributed by atoms with van der Waals surface area (Å²) in [4.78, 5) is 21.3. The molecular formula is C16H15FN4OS. The van der Waals surface area contributed by atoms with Gasteiger partial charge in [0.15, 0.2) is 5.16 Å². The monoisotopic (exact) mass is 330 g/mol. The van der Waals surface area contributed by atoms with Gasteiger partial charge in [0, 0.05) is 20.3 Å². The second kappa shape index (κ2) is 6.00. The molecule has 0 unspecified atom stereocenters. The highest BCUT2D eigenvalue weighted by Gasteiger charge is 2.20. The summed E-state index contributed by atoms with van der Waals surface area (Å²) in [6, 6.07) is 7.66. The summed E-state index contributed by atoms with van der Waals surface area (Å²) in [7, 11) is 3.49. The van der Waals surface area contributed by atoms with E-state index in [1.54, 1.807) is 43.2 Å². The largest absolute Gasteiger partial charge is 0.283 e. The fraction of sp³-hybridized carbons (Fsp3) is 0.188. The van der Waals surface area contributed by atoms with E-state index in [9.17, 15) is 9.18 Å². The minimum Gasteiger partial charge on any atom is -0.283 e. The zero-order valence-electron chi connectivity index (χ0n) is 12.9. The fourth-order valence-corrected chi connectivity index (χ4v) is 2.81. The molecule has 5 nitrogen and oxygen atoms in total. The molecule has 0 aliphatic heterocycles. The molecule has 0 aliphatic carbocycles. The molecule has 0 saturated heterocycles. The van der Waals surface area contributed by atoms with Gasteiger partial charge in [-0.2, -0.15) is 0 Å². The number of hydrogen-bond donors (Lipinski definition) is 0. The second-order valence-electron chi connectivity index (χ2n) is 5.01. The summed E-state index contributed by atoms with van der Waals surface area (Å²) in [5.74, 6) is -0.338.